The lowest BCUT2D eigenvalue weighted by Crippen LogP contribution is -2.49. The Labute approximate surface area is 191 Å². The Kier molecular flexibility index (Phi) is 8.37. The van der Waals surface area contributed by atoms with Crippen molar-refractivity contribution in [1.82, 2.24) is 20.9 Å². The zero-order valence-corrected chi connectivity index (χ0v) is 18.3. The van der Waals surface area contributed by atoms with Crippen molar-refractivity contribution in [3.63, 3.8) is 0 Å². The first-order valence-electron chi connectivity index (χ1n) is 11.1. The maximum Gasteiger partial charge on any atom is 0.326 e. The van der Waals surface area contributed by atoms with Crippen molar-refractivity contribution in [3.8, 4) is 0 Å². The summed E-state index contributed by atoms with van der Waals surface area (Å²) in [5.41, 5.74) is 6.29. The molecule has 0 radical (unpaired) electrons. The van der Waals surface area contributed by atoms with E-state index in [1.54, 1.807) is 0 Å². The van der Waals surface area contributed by atoms with Crippen molar-refractivity contribution in [2.24, 2.45) is 5.73 Å². The summed E-state index contributed by atoms with van der Waals surface area (Å²) in [4.78, 5) is 49.9. The van der Waals surface area contributed by atoms with E-state index in [9.17, 15) is 29.4 Å². The van der Waals surface area contributed by atoms with Gasteiger partial charge in [-0.15, -0.1) is 0 Å². The van der Waals surface area contributed by atoms with Gasteiger partial charge in [0.1, 0.15) is 12.1 Å². The number of aliphatic carboxylic acids is 1. The number of hydrogen-bond acceptors (Lipinski definition) is 7. The van der Waals surface area contributed by atoms with Gasteiger partial charge < -0.3 is 36.8 Å². The van der Waals surface area contributed by atoms with E-state index in [0.717, 1.165) is 5.56 Å². The number of aliphatic hydroxyl groups excluding tert-OH is 1. The van der Waals surface area contributed by atoms with E-state index in [2.05, 4.69) is 16.0 Å². The summed E-state index contributed by atoms with van der Waals surface area (Å²) in [6.45, 7) is 0.257. The molecule has 0 unspecified atom stereocenters. The predicted octanol–water partition coefficient (Wildman–Crippen LogP) is -2.04. The molecule has 5 atom stereocenters. The van der Waals surface area contributed by atoms with Crippen LogP contribution >= 0.6 is 0 Å². The first-order chi connectivity index (χ1) is 15.8. The summed E-state index contributed by atoms with van der Waals surface area (Å²) in [6.07, 6.45) is -0.102. The van der Waals surface area contributed by atoms with Gasteiger partial charge in [0.25, 0.3) is 0 Å². The monoisotopic (exact) mass is 461 g/mol. The molecule has 180 valence electrons. The molecular formula is C22H31N5O6. The fraction of sp³-hybridized carbons (Fsp3) is 0.545. The number of amides is 3. The predicted molar refractivity (Wildman–Crippen MR) is 118 cm³/mol. The molecule has 2 saturated heterocycles. The van der Waals surface area contributed by atoms with Gasteiger partial charge in [0.05, 0.1) is 12.6 Å². The zero-order chi connectivity index (χ0) is 24.0. The molecule has 0 bridgehead atoms. The van der Waals surface area contributed by atoms with Crippen LogP contribution in [0.5, 0.6) is 0 Å². The molecule has 0 aromatic heterocycles. The largest absolute Gasteiger partial charge is 0.480 e. The minimum absolute atomic E-state index is 0.0327. The minimum atomic E-state index is -1.23. The Morgan fingerprint density at radius 3 is 2.52 bits per heavy atom. The Morgan fingerprint density at radius 2 is 1.85 bits per heavy atom. The van der Waals surface area contributed by atoms with E-state index in [1.807, 2.05) is 30.3 Å². The quantitative estimate of drug-likeness (QED) is 0.244. The van der Waals surface area contributed by atoms with Gasteiger partial charge in [-0.25, -0.2) is 4.79 Å². The van der Waals surface area contributed by atoms with E-state index < -0.39 is 42.0 Å². The van der Waals surface area contributed by atoms with Crippen molar-refractivity contribution in [3.05, 3.63) is 35.9 Å². The van der Waals surface area contributed by atoms with Gasteiger partial charge in [0.2, 0.25) is 17.7 Å². The Bertz CT molecular complexity index is 866. The Balaban J connectivity index is 1.53. The molecule has 2 fully saturated rings. The van der Waals surface area contributed by atoms with Crippen molar-refractivity contribution in [2.45, 2.75) is 56.0 Å². The van der Waals surface area contributed by atoms with Crippen molar-refractivity contribution in [2.75, 3.05) is 19.6 Å². The number of benzene rings is 1. The highest BCUT2D eigenvalue weighted by Crippen LogP contribution is 2.22. The third kappa shape index (κ3) is 6.50. The number of nitrogens with two attached hydrogens (primary N) is 1. The highest BCUT2D eigenvalue weighted by Gasteiger charge is 2.44. The molecule has 7 N–H and O–H groups in total. The number of carbonyl (C=O) groups is 4. The molecule has 3 rings (SSSR count). The third-order valence-corrected chi connectivity index (χ3v) is 6.05. The average molecular weight is 462 g/mol. The van der Waals surface area contributed by atoms with Gasteiger partial charge in [-0.05, 0) is 24.8 Å². The van der Waals surface area contributed by atoms with Crippen LogP contribution < -0.4 is 21.7 Å². The van der Waals surface area contributed by atoms with E-state index in [0.29, 0.717) is 19.4 Å². The second-order valence-electron chi connectivity index (χ2n) is 8.49. The number of carboxylic acid groups (broad SMARTS) is 1. The minimum Gasteiger partial charge on any atom is -0.480 e. The molecule has 1 aromatic carbocycles. The van der Waals surface area contributed by atoms with Crippen molar-refractivity contribution < 1.29 is 29.4 Å². The summed E-state index contributed by atoms with van der Waals surface area (Å²) in [5, 5.41) is 28.2. The van der Waals surface area contributed by atoms with Crippen LogP contribution in [-0.2, 0) is 25.6 Å². The molecule has 0 aliphatic carbocycles. The number of likely N-dealkylation sites (tertiary alicyclic amines) is 1. The van der Waals surface area contributed by atoms with Crippen molar-refractivity contribution >= 4 is 23.7 Å². The molecule has 0 saturated carbocycles. The maximum atomic E-state index is 13.0. The van der Waals surface area contributed by atoms with E-state index >= 15 is 0 Å². The topological polar surface area (TPSA) is 174 Å². The van der Waals surface area contributed by atoms with Gasteiger partial charge in [0.15, 0.2) is 0 Å². The molecule has 1 aromatic rings. The second kappa shape index (κ2) is 11.2. The van der Waals surface area contributed by atoms with Crippen LogP contribution in [0.4, 0.5) is 0 Å². The van der Waals surface area contributed by atoms with Gasteiger partial charge in [-0.3, -0.25) is 14.4 Å². The molecule has 0 spiro atoms. The smallest absolute Gasteiger partial charge is 0.326 e. The Hall–Kier alpha value is -3.02. The van der Waals surface area contributed by atoms with E-state index in [-0.39, 0.29) is 37.9 Å². The van der Waals surface area contributed by atoms with Crippen LogP contribution in [-0.4, -0.2) is 88.7 Å². The fourth-order valence-electron chi connectivity index (χ4n) is 4.32. The number of nitrogens with one attached hydrogen (secondary N) is 3. The first-order valence-corrected chi connectivity index (χ1v) is 11.1. The maximum absolute atomic E-state index is 13.0. The van der Waals surface area contributed by atoms with Gasteiger partial charge in [-0.2, -0.15) is 0 Å². The SMILES string of the molecule is NCC(=O)N[C@@H]1CN[C@H](C(=O)N2C[C@H](NC(=O)[C@H](O)CCc3ccccc3)C[C@H]2C(=O)O)C1. The fourth-order valence-corrected chi connectivity index (χ4v) is 4.32. The summed E-state index contributed by atoms with van der Waals surface area (Å²) >= 11 is 0. The number of carboxylic acids is 1. The van der Waals surface area contributed by atoms with Crippen molar-refractivity contribution in [1.29, 1.82) is 0 Å². The summed E-state index contributed by atoms with van der Waals surface area (Å²) in [7, 11) is 0. The van der Waals surface area contributed by atoms with Gasteiger partial charge in [-0.1, -0.05) is 30.3 Å². The summed E-state index contributed by atoms with van der Waals surface area (Å²) in [5.74, 6) is -2.46. The van der Waals surface area contributed by atoms with E-state index in [4.69, 9.17) is 5.73 Å². The standard InChI is InChI=1S/C22H31N5O6/c23-10-19(29)25-14-8-16(24-11-14)21(31)27-12-15(9-17(27)22(32)33)26-20(30)18(28)7-6-13-4-2-1-3-5-13/h1-5,14-18,24,28H,6-12,23H2,(H,25,29)(H,26,30)(H,32,33)/t14-,15+,16-,17-,18+/m0/s1. The number of rotatable bonds is 9. The molecular weight excluding hydrogens is 430 g/mol. The molecule has 2 aliphatic heterocycles. The normalized spacial score (nSPS) is 25.5. The van der Waals surface area contributed by atoms with Gasteiger partial charge >= 0.3 is 5.97 Å². The number of carbonyl (C=O) groups excluding carboxylic acids is 3. The highest BCUT2D eigenvalue weighted by atomic mass is 16.4. The van der Waals surface area contributed by atoms with Crippen LogP contribution in [0.3, 0.4) is 0 Å². The Morgan fingerprint density at radius 1 is 1.12 bits per heavy atom. The van der Waals surface area contributed by atoms with Gasteiger partial charge in [0, 0.05) is 31.6 Å². The average Bonchev–Trinajstić information content (AvgIpc) is 3.45. The van der Waals surface area contributed by atoms with E-state index in [1.165, 1.54) is 4.90 Å². The summed E-state index contributed by atoms with van der Waals surface area (Å²) < 4.78 is 0. The van der Waals surface area contributed by atoms with Crippen LogP contribution in [0.1, 0.15) is 24.8 Å². The number of aryl methyl sites for hydroxylation is 1. The zero-order valence-electron chi connectivity index (χ0n) is 18.3. The van der Waals surface area contributed by atoms with Crippen LogP contribution in [0, 0.1) is 0 Å². The first kappa shape index (κ1) is 24.6. The highest BCUT2D eigenvalue weighted by molar-refractivity contribution is 5.89. The number of hydrogen-bond donors (Lipinski definition) is 6. The molecule has 11 nitrogen and oxygen atoms in total. The lowest BCUT2D eigenvalue weighted by Gasteiger charge is -2.25. The lowest BCUT2D eigenvalue weighted by molar-refractivity contribution is -0.148. The number of nitrogens with zero attached hydrogens (tertiary/aromatic N) is 1. The summed E-state index contributed by atoms with van der Waals surface area (Å²) in [6, 6.07) is 6.90. The third-order valence-electron chi connectivity index (χ3n) is 6.05. The molecule has 33 heavy (non-hydrogen) atoms. The lowest BCUT2D eigenvalue weighted by atomic mass is 10.1. The second-order valence-corrected chi connectivity index (χ2v) is 8.49. The molecule has 2 aliphatic rings. The molecule has 2 heterocycles. The van der Waals surface area contributed by atoms with Crippen LogP contribution in [0.15, 0.2) is 30.3 Å². The number of aliphatic hydroxyl groups is 1. The molecule has 11 heteroatoms. The van der Waals surface area contributed by atoms with Crippen LogP contribution in [0.2, 0.25) is 0 Å². The molecule has 3 amide bonds. The van der Waals surface area contributed by atoms with Crippen LogP contribution in [0.25, 0.3) is 0 Å².